The topological polar surface area (TPSA) is 116 Å². The summed E-state index contributed by atoms with van der Waals surface area (Å²) >= 11 is 0. The maximum atomic E-state index is 12.0. The second kappa shape index (κ2) is 6.95. The number of non-ortho nitro benzene ring substituents is 1. The minimum absolute atomic E-state index is 0.0177. The van der Waals surface area contributed by atoms with E-state index in [1.807, 2.05) is 4.57 Å². The van der Waals surface area contributed by atoms with Crippen LogP contribution in [0.4, 0.5) is 11.5 Å². The molecule has 0 spiro atoms. The van der Waals surface area contributed by atoms with Crippen LogP contribution in [0, 0.1) is 17.0 Å². The van der Waals surface area contributed by atoms with Crippen LogP contribution < -0.4 is 5.32 Å². The highest BCUT2D eigenvalue weighted by Crippen LogP contribution is 2.21. The second-order valence-electron chi connectivity index (χ2n) is 5.37. The van der Waals surface area contributed by atoms with Crippen molar-refractivity contribution in [2.45, 2.75) is 19.9 Å². The fraction of sp³-hybridized carbons (Fsp3) is 0.188. The van der Waals surface area contributed by atoms with Crippen molar-refractivity contribution in [1.29, 1.82) is 0 Å². The summed E-state index contributed by atoms with van der Waals surface area (Å²) in [5, 5.41) is 17.1. The fourth-order valence-corrected chi connectivity index (χ4v) is 2.33. The number of carbonyl (C=O) groups excluding carboxylic acids is 1. The summed E-state index contributed by atoms with van der Waals surface area (Å²) in [6.07, 6.45) is 3.60. The number of nitrogens with one attached hydrogen (secondary N) is 1. The van der Waals surface area contributed by atoms with Gasteiger partial charge in [-0.3, -0.25) is 14.9 Å². The van der Waals surface area contributed by atoms with Gasteiger partial charge < -0.3 is 14.4 Å². The molecule has 3 rings (SSSR count). The quantitative estimate of drug-likeness (QED) is 0.544. The Balaban J connectivity index is 1.65. The third kappa shape index (κ3) is 3.89. The van der Waals surface area contributed by atoms with Gasteiger partial charge in [0.15, 0.2) is 5.82 Å². The molecular formula is C16H15N5O4. The molecule has 1 amide bonds. The lowest BCUT2D eigenvalue weighted by atomic mass is 10.2. The summed E-state index contributed by atoms with van der Waals surface area (Å²) in [4.78, 5) is 26.5. The van der Waals surface area contributed by atoms with Crippen LogP contribution in [-0.4, -0.2) is 25.5 Å². The molecule has 25 heavy (non-hydrogen) atoms. The van der Waals surface area contributed by atoms with Crippen molar-refractivity contribution >= 4 is 17.4 Å². The van der Waals surface area contributed by atoms with Gasteiger partial charge in [0.1, 0.15) is 11.6 Å². The van der Waals surface area contributed by atoms with E-state index in [0.29, 0.717) is 23.9 Å². The minimum Gasteiger partial charge on any atom is -0.360 e. The third-order valence-electron chi connectivity index (χ3n) is 3.53. The fourth-order valence-electron chi connectivity index (χ4n) is 2.33. The molecule has 0 aliphatic carbocycles. The summed E-state index contributed by atoms with van der Waals surface area (Å²) in [5.74, 6) is 1.44. The Hall–Kier alpha value is -3.49. The Morgan fingerprint density at radius 1 is 1.36 bits per heavy atom. The predicted octanol–water partition coefficient (Wildman–Crippen LogP) is 2.78. The van der Waals surface area contributed by atoms with Crippen molar-refractivity contribution < 1.29 is 14.2 Å². The molecular weight excluding hydrogens is 326 g/mol. The highest BCUT2D eigenvalue weighted by molar-refractivity contribution is 5.89. The average Bonchev–Trinajstić information content (AvgIpc) is 3.22. The summed E-state index contributed by atoms with van der Waals surface area (Å²) in [6.45, 7) is 2.15. The van der Waals surface area contributed by atoms with E-state index in [0.717, 1.165) is 5.56 Å². The number of carbonyl (C=O) groups is 1. The van der Waals surface area contributed by atoms with E-state index < -0.39 is 4.92 Å². The van der Waals surface area contributed by atoms with E-state index in [1.165, 1.54) is 12.1 Å². The summed E-state index contributed by atoms with van der Waals surface area (Å²) in [7, 11) is 0. The first kappa shape index (κ1) is 16.4. The van der Waals surface area contributed by atoms with Gasteiger partial charge in [-0.05, 0) is 19.1 Å². The number of benzene rings is 1. The Labute approximate surface area is 142 Å². The van der Waals surface area contributed by atoms with Crippen molar-refractivity contribution in [3.05, 3.63) is 58.6 Å². The molecule has 0 bridgehead atoms. The van der Waals surface area contributed by atoms with E-state index in [1.54, 1.807) is 37.5 Å². The number of rotatable bonds is 6. The van der Waals surface area contributed by atoms with Crippen molar-refractivity contribution in [2.75, 3.05) is 5.32 Å². The van der Waals surface area contributed by atoms with Crippen molar-refractivity contribution in [3.63, 3.8) is 0 Å². The molecule has 0 radical (unpaired) electrons. The zero-order valence-corrected chi connectivity index (χ0v) is 13.4. The zero-order valence-electron chi connectivity index (χ0n) is 13.4. The molecule has 0 saturated heterocycles. The third-order valence-corrected chi connectivity index (χ3v) is 3.53. The molecule has 1 N–H and O–H groups in total. The first-order valence-electron chi connectivity index (χ1n) is 7.52. The first-order chi connectivity index (χ1) is 12.0. The number of nitro benzene ring substituents is 1. The Bertz CT molecular complexity index is 897. The van der Waals surface area contributed by atoms with E-state index in [9.17, 15) is 14.9 Å². The van der Waals surface area contributed by atoms with E-state index in [-0.39, 0.29) is 18.0 Å². The van der Waals surface area contributed by atoms with E-state index >= 15 is 0 Å². The van der Waals surface area contributed by atoms with Crippen LogP contribution in [0.2, 0.25) is 0 Å². The van der Waals surface area contributed by atoms with Gasteiger partial charge in [-0.25, -0.2) is 4.98 Å². The van der Waals surface area contributed by atoms with Crippen LogP contribution in [-0.2, 0) is 11.3 Å². The Kier molecular flexibility index (Phi) is 4.55. The van der Waals surface area contributed by atoms with Gasteiger partial charge in [-0.15, -0.1) is 0 Å². The van der Waals surface area contributed by atoms with Gasteiger partial charge in [-0.2, -0.15) is 0 Å². The summed E-state index contributed by atoms with van der Waals surface area (Å²) in [5.41, 5.74) is 0.757. The molecule has 0 aliphatic heterocycles. The smallest absolute Gasteiger partial charge is 0.269 e. The number of amides is 1. The molecule has 0 atom stereocenters. The maximum absolute atomic E-state index is 12.0. The van der Waals surface area contributed by atoms with Crippen molar-refractivity contribution in [2.24, 2.45) is 0 Å². The lowest BCUT2D eigenvalue weighted by molar-refractivity contribution is -0.384. The summed E-state index contributed by atoms with van der Waals surface area (Å²) in [6, 6.07) is 7.75. The predicted molar refractivity (Wildman–Crippen MR) is 88.8 cm³/mol. The molecule has 2 aromatic heterocycles. The lowest BCUT2D eigenvalue weighted by Gasteiger charge is -2.07. The van der Waals surface area contributed by atoms with Crippen LogP contribution >= 0.6 is 0 Å². The normalized spacial score (nSPS) is 10.6. The molecule has 9 heteroatoms. The number of nitrogens with zero attached hydrogens (tertiary/aromatic N) is 4. The number of hydrogen-bond acceptors (Lipinski definition) is 6. The molecule has 0 fully saturated rings. The van der Waals surface area contributed by atoms with Gasteiger partial charge in [0.25, 0.3) is 5.69 Å². The molecule has 9 nitrogen and oxygen atoms in total. The number of aryl methyl sites for hydroxylation is 2. The number of anilines is 1. The molecule has 0 unspecified atom stereocenters. The second-order valence-corrected chi connectivity index (χ2v) is 5.37. The highest BCUT2D eigenvalue weighted by atomic mass is 16.6. The van der Waals surface area contributed by atoms with Gasteiger partial charge in [0.05, 0.1) is 4.92 Å². The first-order valence-corrected chi connectivity index (χ1v) is 7.52. The average molecular weight is 341 g/mol. The van der Waals surface area contributed by atoms with Crippen LogP contribution in [0.25, 0.3) is 11.4 Å². The summed E-state index contributed by atoms with van der Waals surface area (Å²) < 4.78 is 6.71. The number of nitro groups is 1. The maximum Gasteiger partial charge on any atom is 0.269 e. The van der Waals surface area contributed by atoms with Gasteiger partial charge in [0, 0.05) is 49.1 Å². The van der Waals surface area contributed by atoms with Gasteiger partial charge in [0.2, 0.25) is 5.91 Å². The molecule has 1 aromatic carbocycles. The highest BCUT2D eigenvalue weighted by Gasteiger charge is 2.11. The SMILES string of the molecule is Cc1cc(NC(=O)CCn2ccnc2-c2ccc([N+](=O)[O-])cc2)no1. The van der Waals surface area contributed by atoms with Crippen LogP contribution in [0.3, 0.4) is 0 Å². The zero-order chi connectivity index (χ0) is 17.8. The lowest BCUT2D eigenvalue weighted by Crippen LogP contribution is -2.14. The Morgan fingerprint density at radius 3 is 2.76 bits per heavy atom. The van der Waals surface area contributed by atoms with Crippen molar-refractivity contribution in [1.82, 2.24) is 14.7 Å². The van der Waals surface area contributed by atoms with Crippen molar-refractivity contribution in [3.8, 4) is 11.4 Å². The Morgan fingerprint density at radius 2 is 2.12 bits per heavy atom. The van der Waals surface area contributed by atoms with Crippen LogP contribution in [0.5, 0.6) is 0 Å². The number of imidazole rings is 1. The molecule has 2 heterocycles. The van der Waals surface area contributed by atoms with E-state index in [4.69, 9.17) is 4.52 Å². The largest absolute Gasteiger partial charge is 0.360 e. The van der Waals surface area contributed by atoms with Crippen LogP contribution in [0.15, 0.2) is 47.2 Å². The van der Waals surface area contributed by atoms with Crippen LogP contribution in [0.1, 0.15) is 12.2 Å². The number of aromatic nitrogens is 3. The molecule has 3 aromatic rings. The molecule has 0 saturated carbocycles. The minimum atomic E-state index is -0.452. The molecule has 0 aliphatic rings. The number of hydrogen-bond donors (Lipinski definition) is 1. The van der Waals surface area contributed by atoms with E-state index in [2.05, 4.69) is 15.5 Å². The van der Waals surface area contributed by atoms with Gasteiger partial charge >= 0.3 is 0 Å². The molecule has 128 valence electrons. The monoisotopic (exact) mass is 341 g/mol. The standard InChI is InChI=1S/C16H15N5O4/c1-11-10-14(19-25-11)18-15(22)6-8-20-9-7-17-16(20)12-2-4-13(5-3-12)21(23)24/h2-5,7,9-10H,6,8H2,1H3,(H,18,19,22). The van der Waals surface area contributed by atoms with Gasteiger partial charge in [-0.1, -0.05) is 5.16 Å².